The number of phenols is 1. The number of fused-ring (bicyclic) bond motifs is 1. The van der Waals surface area contributed by atoms with Crippen molar-refractivity contribution in [3.05, 3.63) is 35.6 Å². The molecule has 2 N–H and O–H groups in total. The molecule has 0 spiro atoms. The molecular formula is C14H13FN2O4S. The van der Waals surface area contributed by atoms with Gasteiger partial charge in [0.2, 0.25) is 0 Å². The highest BCUT2D eigenvalue weighted by atomic mass is 32.2. The number of hydrogen-bond acceptors (Lipinski definition) is 4. The summed E-state index contributed by atoms with van der Waals surface area (Å²) in [7, 11) is -4.18. The monoisotopic (exact) mass is 324 g/mol. The van der Waals surface area contributed by atoms with Crippen LogP contribution in [0.5, 0.6) is 5.75 Å². The standard InChI is InChI=1S/C14H13FN2O4S/c1-2-8-3-4-9-6-11(18)14(13(15)10(9)5-8)17-7-12(19)16-22(17,20)21/h3-6,18H,2,7H2,1H3,(H,16,19). The van der Waals surface area contributed by atoms with Crippen molar-refractivity contribution in [3.63, 3.8) is 0 Å². The Hall–Kier alpha value is -2.35. The molecule has 0 aromatic heterocycles. The molecule has 0 saturated carbocycles. The quantitative estimate of drug-likeness (QED) is 0.875. The second-order valence-corrected chi connectivity index (χ2v) is 6.60. The third-order valence-electron chi connectivity index (χ3n) is 3.57. The maximum absolute atomic E-state index is 14.8. The molecule has 1 aliphatic rings. The fraction of sp³-hybridized carbons (Fsp3) is 0.214. The molecule has 0 atom stereocenters. The number of benzene rings is 2. The van der Waals surface area contributed by atoms with Gasteiger partial charge in [-0.1, -0.05) is 19.1 Å². The maximum Gasteiger partial charge on any atom is 0.326 e. The van der Waals surface area contributed by atoms with Gasteiger partial charge < -0.3 is 5.11 Å². The lowest BCUT2D eigenvalue weighted by atomic mass is 10.0. The van der Waals surface area contributed by atoms with Crippen LogP contribution in [-0.4, -0.2) is 26.0 Å². The lowest BCUT2D eigenvalue weighted by Crippen LogP contribution is -2.30. The van der Waals surface area contributed by atoms with Gasteiger partial charge in [-0.2, -0.15) is 8.42 Å². The molecule has 0 aliphatic carbocycles. The molecule has 1 heterocycles. The number of carbonyl (C=O) groups excluding carboxylic acids is 1. The third kappa shape index (κ3) is 2.16. The Morgan fingerprint density at radius 1 is 1.36 bits per heavy atom. The van der Waals surface area contributed by atoms with E-state index in [-0.39, 0.29) is 5.39 Å². The van der Waals surface area contributed by atoms with E-state index in [4.69, 9.17) is 0 Å². The number of rotatable bonds is 2. The summed E-state index contributed by atoms with van der Waals surface area (Å²) in [5.41, 5.74) is 0.362. The fourth-order valence-corrected chi connectivity index (χ4v) is 3.64. The van der Waals surface area contributed by atoms with Crippen LogP contribution in [-0.2, 0) is 21.4 Å². The Kier molecular flexibility index (Phi) is 3.21. The number of anilines is 1. The highest BCUT2D eigenvalue weighted by Crippen LogP contribution is 2.38. The SMILES string of the molecule is CCc1ccc2cc(O)c(N3CC(=O)NS3(=O)=O)c(F)c2c1. The van der Waals surface area contributed by atoms with Crippen molar-refractivity contribution in [1.29, 1.82) is 0 Å². The molecule has 2 aromatic carbocycles. The number of amides is 1. The fourth-order valence-electron chi connectivity index (χ4n) is 2.48. The minimum absolute atomic E-state index is 0.196. The number of aryl methyl sites for hydroxylation is 1. The number of hydrogen-bond donors (Lipinski definition) is 2. The first-order chi connectivity index (χ1) is 10.3. The van der Waals surface area contributed by atoms with E-state index < -0.39 is 39.9 Å². The van der Waals surface area contributed by atoms with Crippen molar-refractivity contribution in [2.75, 3.05) is 10.8 Å². The second-order valence-electron chi connectivity index (χ2n) is 5.00. The molecule has 1 amide bonds. The summed E-state index contributed by atoms with van der Waals surface area (Å²) < 4.78 is 40.8. The van der Waals surface area contributed by atoms with E-state index in [2.05, 4.69) is 0 Å². The first-order valence-corrected chi connectivity index (χ1v) is 8.05. The number of carbonyl (C=O) groups is 1. The van der Waals surface area contributed by atoms with Crippen LogP contribution in [0.2, 0.25) is 0 Å². The minimum Gasteiger partial charge on any atom is -0.506 e. The molecule has 6 nitrogen and oxygen atoms in total. The summed E-state index contributed by atoms with van der Waals surface area (Å²) in [6.45, 7) is 1.35. The van der Waals surface area contributed by atoms with Crippen LogP contribution in [0.4, 0.5) is 10.1 Å². The van der Waals surface area contributed by atoms with Gasteiger partial charge in [0.25, 0.3) is 5.91 Å². The smallest absolute Gasteiger partial charge is 0.326 e. The summed E-state index contributed by atoms with van der Waals surface area (Å²) in [5, 5.41) is 10.7. The lowest BCUT2D eigenvalue weighted by molar-refractivity contribution is -0.117. The molecule has 1 fully saturated rings. The summed E-state index contributed by atoms with van der Waals surface area (Å²) in [4.78, 5) is 11.3. The third-order valence-corrected chi connectivity index (χ3v) is 4.95. The molecule has 116 valence electrons. The van der Waals surface area contributed by atoms with Crippen molar-refractivity contribution >= 4 is 32.6 Å². The zero-order valence-electron chi connectivity index (χ0n) is 11.6. The van der Waals surface area contributed by atoms with Gasteiger partial charge in [-0.15, -0.1) is 0 Å². The second kappa shape index (κ2) is 4.84. The molecule has 1 aliphatic heterocycles. The van der Waals surface area contributed by atoms with E-state index in [1.807, 2.05) is 6.92 Å². The first-order valence-electron chi connectivity index (χ1n) is 6.61. The Labute approximate surface area is 126 Å². The van der Waals surface area contributed by atoms with Crippen LogP contribution in [0.15, 0.2) is 24.3 Å². The molecule has 2 aromatic rings. The highest BCUT2D eigenvalue weighted by Gasteiger charge is 2.37. The minimum atomic E-state index is -4.18. The van der Waals surface area contributed by atoms with Gasteiger partial charge in [-0.05, 0) is 29.5 Å². The summed E-state index contributed by atoms with van der Waals surface area (Å²) in [6, 6.07) is 6.35. The number of phenolic OH excluding ortho intramolecular Hbond substituents is 1. The molecular weight excluding hydrogens is 311 g/mol. The highest BCUT2D eigenvalue weighted by molar-refractivity contribution is 7.92. The lowest BCUT2D eigenvalue weighted by Gasteiger charge is -2.18. The predicted octanol–water partition coefficient (Wildman–Crippen LogP) is 1.43. The van der Waals surface area contributed by atoms with Gasteiger partial charge in [0.1, 0.15) is 18.0 Å². The predicted molar refractivity (Wildman–Crippen MR) is 79.4 cm³/mol. The van der Waals surface area contributed by atoms with Crippen molar-refractivity contribution in [1.82, 2.24) is 4.72 Å². The molecule has 3 rings (SSSR count). The molecule has 0 radical (unpaired) electrons. The number of nitrogens with zero attached hydrogens (tertiary/aromatic N) is 1. The van der Waals surface area contributed by atoms with Gasteiger partial charge in [-0.25, -0.2) is 13.4 Å². The normalized spacial score (nSPS) is 17.0. The first kappa shape index (κ1) is 14.6. The van der Waals surface area contributed by atoms with Crippen LogP contribution in [0, 0.1) is 5.82 Å². The Morgan fingerprint density at radius 3 is 2.68 bits per heavy atom. The van der Waals surface area contributed by atoms with Gasteiger partial charge in [0, 0.05) is 5.39 Å². The van der Waals surface area contributed by atoms with Crippen molar-refractivity contribution < 1.29 is 22.7 Å². The summed E-state index contributed by atoms with van der Waals surface area (Å²) >= 11 is 0. The van der Waals surface area contributed by atoms with Crippen molar-refractivity contribution in [3.8, 4) is 5.75 Å². The number of nitrogens with one attached hydrogen (secondary N) is 1. The van der Waals surface area contributed by atoms with Crippen LogP contribution >= 0.6 is 0 Å². The van der Waals surface area contributed by atoms with Gasteiger partial charge >= 0.3 is 10.2 Å². The number of halogens is 1. The summed E-state index contributed by atoms with van der Waals surface area (Å²) in [6.07, 6.45) is 0.688. The van der Waals surface area contributed by atoms with Gasteiger partial charge in [0.05, 0.1) is 0 Å². The van der Waals surface area contributed by atoms with Crippen LogP contribution in [0.1, 0.15) is 12.5 Å². The van der Waals surface area contributed by atoms with Crippen LogP contribution in [0.3, 0.4) is 0 Å². The Morgan fingerprint density at radius 2 is 2.09 bits per heavy atom. The molecule has 0 bridgehead atoms. The van der Waals surface area contributed by atoms with E-state index in [0.29, 0.717) is 16.1 Å². The molecule has 8 heteroatoms. The largest absolute Gasteiger partial charge is 0.506 e. The van der Waals surface area contributed by atoms with E-state index in [1.54, 1.807) is 22.9 Å². The average Bonchev–Trinajstić information content (AvgIpc) is 2.71. The van der Waals surface area contributed by atoms with Crippen LogP contribution in [0.25, 0.3) is 10.8 Å². The van der Waals surface area contributed by atoms with E-state index in [0.717, 1.165) is 5.56 Å². The molecule has 0 unspecified atom stereocenters. The van der Waals surface area contributed by atoms with Crippen molar-refractivity contribution in [2.45, 2.75) is 13.3 Å². The van der Waals surface area contributed by atoms with Gasteiger partial charge in [-0.3, -0.25) is 4.79 Å². The topological polar surface area (TPSA) is 86.7 Å². The maximum atomic E-state index is 14.8. The Balaban J connectivity index is 2.28. The van der Waals surface area contributed by atoms with E-state index >= 15 is 0 Å². The van der Waals surface area contributed by atoms with E-state index in [1.165, 1.54) is 6.07 Å². The van der Waals surface area contributed by atoms with E-state index in [9.17, 15) is 22.7 Å². The zero-order chi connectivity index (χ0) is 16.1. The average molecular weight is 324 g/mol. The van der Waals surface area contributed by atoms with Gasteiger partial charge in [0.15, 0.2) is 5.82 Å². The molecule has 1 saturated heterocycles. The van der Waals surface area contributed by atoms with Crippen LogP contribution < -0.4 is 9.03 Å². The summed E-state index contributed by atoms with van der Waals surface area (Å²) in [5.74, 6) is -2.18. The van der Waals surface area contributed by atoms with Crippen molar-refractivity contribution in [2.24, 2.45) is 0 Å². The Bertz CT molecular complexity index is 895. The zero-order valence-corrected chi connectivity index (χ0v) is 12.4. The number of aromatic hydroxyl groups is 1. The molecule has 22 heavy (non-hydrogen) atoms.